The van der Waals surface area contributed by atoms with Gasteiger partial charge in [0.25, 0.3) is 0 Å². The highest BCUT2D eigenvalue weighted by Gasteiger charge is 2.23. The van der Waals surface area contributed by atoms with E-state index in [-0.39, 0.29) is 12.5 Å². The third-order valence-corrected chi connectivity index (χ3v) is 7.01. The standard InChI is InChI=1S/C22H21N9O2S/c1-11-14(7-25-17-10-34(33)30-21(11)17)16-4-12-5-18(26-8-15(12)22(23)27-16)28-19-6-13-2-3-24-20(32)9-31(13)29-19/h4-8,30H,2-3,9-10H2,1H3,(H2,23,27)(H,24,32)(H,26,28,29). The lowest BCUT2D eigenvalue weighted by Crippen LogP contribution is -2.25. The van der Waals surface area contributed by atoms with Crippen LogP contribution in [0.4, 0.5) is 23.1 Å². The molecule has 12 heteroatoms. The van der Waals surface area contributed by atoms with Gasteiger partial charge in [-0.1, -0.05) is 0 Å². The highest BCUT2D eigenvalue weighted by molar-refractivity contribution is 7.86. The number of aromatic nitrogens is 5. The number of anilines is 4. The van der Waals surface area contributed by atoms with Crippen LogP contribution in [-0.2, 0) is 34.5 Å². The van der Waals surface area contributed by atoms with E-state index in [1.807, 2.05) is 25.1 Å². The Morgan fingerprint density at radius 1 is 1.18 bits per heavy atom. The summed E-state index contributed by atoms with van der Waals surface area (Å²) >= 11 is 0. The number of amides is 1. The minimum absolute atomic E-state index is 0.0504. The number of rotatable bonds is 3. The molecule has 34 heavy (non-hydrogen) atoms. The van der Waals surface area contributed by atoms with Gasteiger partial charge in [-0.25, -0.2) is 14.2 Å². The van der Waals surface area contributed by atoms with Crippen molar-refractivity contribution >= 4 is 50.8 Å². The summed E-state index contributed by atoms with van der Waals surface area (Å²) in [7, 11) is -1.15. The Morgan fingerprint density at radius 2 is 2.06 bits per heavy atom. The summed E-state index contributed by atoms with van der Waals surface area (Å²) in [6.07, 6.45) is 4.14. The van der Waals surface area contributed by atoms with Crippen molar-refractivity contribution in [1.82, 2.24) is 30.0 Å². The van der Waals surface area contributed by atoms with Crippen LogP contribution in [-0.4, -0.2) is 41.4 Å². The summed E-state index contributed by atoms with van der Waals surface area (Å²) in [4.78, 5) is 25.3. The van der Waals surface area contributed by atoms with Crippen molar-refractivity contribution in [2.45, 2.75) is 25.6 Å². The molecule has 6 heterocycles. The van der Waals surface area contributed by atoms with E-state index >= 15 is 0 Å². The van der Waals surface area contributed by atoms with Gasteiger partial charge in [-0.2, -0.15) is 5.10 Å². The van der Waals surface area contributed by atoms with E-state index < -0.39 is 11.0 Å². The van der Waals surface area contributed by atoms with Gasteiger partial charge in [-0.05, 0) is 30.0 Å². The lowest BCUT2D eigenvalue weighted by molar-refractivity contribution is -0.121. The lowest BCUT2D eigenvalue weighted by atomic mass is 10.0. The van der Waals surface area contributed by atoms with Crippen LogP contribution in [0.25, 0.3) is 22.0 Å². The summed E-state index contributed by atoms with van der Waals surface area (Å²) in [6, 6.07) is 5.75. The van der Waals surface area contributed by atoms with Gasteiger partial charge < -0.3 is 21.1 Å². The predicted octanol–water partition coefficient (Wildman–Crippen LogP) is 1.78. The van der Waals surface area contributed by atoms with Gasteiger partial charge in [-0.3, -0.25) is 14.5 Å². The minimum Gasteiger partial charge on any atom is -0.383 e. The quantitative estimate of drug-likeness (QED) is 0.350. The summed E-state index contributed by atoms with van der Waals surface area (Å²) < 4.78 is 16.6. The second-order valence-electron chi connectivity index (χ2n) is 8.30. The zero-order valence-corrected chi connectivity index (χ0v) is 19.1. The number of fused-ring (bicyclic) bond motifs is 3. The predicted molar refractivity (Wildman–Crippen MR) is 130 cm³/mol. The SMILES string of the molecule is Cc1c(-c2cc3cc(Nc4cc5n(n4)CC(=O)NCC5)ncc3c(N)n2)cnc2c1NS(=O)C2. The average molecular weight is 476 g/mol. The number of carbonyl (C=O) groups excluding carboxylic acids is 1. The molecule has 0 bridgehead atoms. The van der Waals surface area contributed by atoms with Gasteiger partial charge in [0, 0.05) is 48.1 Å². The van der Waals surface area contributed by atoms with E-state index in [9.17, 15) is 9.00 Å². The van der Waals surface area contributed by atoms with Crippen LogP contribution >= 0.6 is 0 Å². The van der Waals surface area contributed by atoms with Crippen LogP contribution in [0.2, 0.25) is 0 Å². The van der Waals surface area contributed by atoms with Crippen molar-refractivity contribution in [3.05, 3.63) is 47.5 Å². The number of carbonyl (C=O) groups is 1. The maximum atomic E-state index is 11.9. The van der Waals surface area contributed by atoms with Gasteiger partial charge in [0.05, 0.1) is 22.8 Å². The summed E-state index contributed by atoms with van der Waals surface area (Å²) in [6.45, 7) is 2.75. The molecule has 0 fully saturated rings. The minimum atomic E-state index is -1.15. The molecule has 1 amide bonds. The summed E-state index contributed by atoms with van der Waals surface area (Å²) in [5.74, 6) is 1.93. The van der Waals surface area contributed by atoms with Crippen molar-refractivity contribution in [2.75, 3.05) is 22.3 Å². The Bertz CT molecular complexity index is 1510. The first-order valence-electron chi connectivity index (χ1n) is 10.8. The molecule has 1 unspecified atom stereocenters. The fraction of sp³-hybridized carbons (Fsp3) is 0.227. The van der Waals surface area contributed by atoms with Crippen LogP contribution in [0.3, 0.4) is 0 Å². The van der Waals surface area contributed by atoms with Gasteiger partial charge >= 0.3 is 0 Å². The van der Waals surface area contributed by atoms with Crippen LogP contribution < -0.4 is 21.1 Å². The molecule has 0 spiro atoms. The first kappa shape index (κ1) is 20.5. The van der Waals surface area contributed by atoms with Gasteiger partial charge in [-0.15, -0.1) is 0 Å². The molecule has 4 aromatic rings. The Labute approximate surface area is 196 Å². The molecule has 11 nitrogen and oxygen atoms in total. The molecule has 172 valence electrons. The number of nitrogens with one attached hydrogen (secondary N) is 3. The van der Waals surface area contributed by atoms with Crippen LogP contribution in [0.1, 0.15) is 17.0 Å². The van der Waals surface area contributed by atoms with Crippen molar-refractivity contribution in [2.24, 2.45) is 0 Å². The zero-order valence-electron chi connectivity index (χ0n) is 18.3. The Kier molecular flexibility index (Phi) is 4.69. The topological polar surface area (TPSA) is 153 Å². The average Bonchev–Trinajstić information content (AvgIpc) is 3.31. The molecule has 0 aliphatic carbocycles. The molecule has 0 saturated carbocycles. The van der Waals surface area contributed by atoms with E-state index in [1.54, 1.807) is 17.1 Å². The Balaban J connectivity index is 1.35. The first-order valence-corrected chi connectivity index (χ1v) is 12.1. The fourth-order valence-corrected chi connectivity index (χ4v) is 5.36. The maximum absolute atomic E-state index is 11.9. The van der Waals surface area contributed by atoms with Crippen LogP contribution in [0, 0.1) is 6.92 Å². The monoisotopic (exact) mass is 475 g/mol. The molecular formula is C22H21N9O2S. The highest BCUT2D eigenvalue weighted by Crippen LogP contribution is 2.35. The fourth-order valence-electron chi connectivity index (χ4n) is 4.32. The number of pyridine rings is 3. The highest BCUT2D eigenvalue weighted by atomic mass is 32.2. The second-order valence-corrected chi connectivity index (χ2v) is 9.48. The molecular weight excluding hydrogens is 454 g/mol. The molecule has 4 aromatic heterocycles. The van der Waals surface area contributed by atoms with Crippen molar-refractivity contribution < 1.29 is 9.00 Å². The third kappa shape index (κ3) is 3.52. The van der Waals surface area contributed by atoms with E-state index in [2.05, 4.69) is 35.4 Å². The first-order chi connectivity index (χ1) is 16.4. The van der Waals surface area contributed by atoms with Gasteiger partial charge in [0.2, 0.25) is 5.91 Å². The third-order valence-electron chi connectivity index (χ3n) is 6.04. The lowest BCUT2D eigenvalue weighted by Gasteiger charge is -2.12. The van der Waals surface area contributed by atoms with Crippen molar-refractivity contribution in [1.29, 1.82) is 0 Å². The largest absolute Gasteiger partial charge is 0.383 e. The Morgan fingerprint density at radius 3 is 2.94 bits per heavy atom. The van der Waals surface area contributed by atoms with E-state index in [1.165, 1.54) is 0 Å². The molecule has 5 N–H and O–H groups in total. The van der Waals surface area contributed by atoms with Gasteiger partial charge in [0.15, 0.2) is 5.82 Å². The van der Waals surface area contributed by atoms with E-state index in [4.69, 9.17) is 5.73 Å². The van der Waals surface area contributed by atoms with Gasteiger partial charge in [0.1, 0.15) is 29.2 Å². The summed E-state index contributed by atoms with van der Waals surface area (Å²) in [5, 5.41) is 12.2. The molecule has 2 aliphatic rings. The van der Waals surface area contributed by atoms with Crippen LogP contribution in [0.5, 0.6) is 0 Å². The molecule has 0 radical (unpaired) electrons. The molecule has 0 saturated heterocycles. The normalized spacial score (nSPS) is 17.0. The number of hydrogen-bond donors (Lipinski definition) is 4. The zero-order chi connectivity index (χ0) is 23.4. The van der Waals surface area contributed by atoms with Crippen molar-refractivity contribution in [3.8, 4) is 11.3 Å². The molecule has 6 rings (SSSR count). The number of hydrogen-bond acceptors (Lipinski definition) is 8. The number of nitrogen functional groups attached to an aromatic ring is 1. The molecule has 1 atom stereocenters. The Hall–Kier alpha value is -4.06. The number of nitrogens with two attached hydrogens (primary N) is 1. The number of nitrogens with zero attached hydrogens (tertiary/aromatic N) is 5. The molecule has 2 aliphatic heterocycles. The van der Waals surface area contributed by atoms with E-state index in [0.29, 0.717) is 41.9 Å². The molecule has 0 aromatic carbocycles. The van der Waals surface area contributed by atoms with Crippen molar-refractivity contribution in [3.63, 3.8) is 0 Å². The second kappa shape index (κ2) is 7.76. The summed E-state index contributed by atoms with van der Waals surface area (Å²) in [5.41, 5.74) is 11.3. The maximum Gasteiger partial charge on any atom is 0.241 e. The smallest absolute Gasteiger partial charge is 0.241 e. The van der Waals surface area contributed by atoms with E-state index in [0.717, 1.165) is 39.0 Å². The van der Waals surface area contributed by atoms with Crippen LogP contribution in [0.15, 0.2) is 30.6 Å².